The average Bonchev–Trinajstić information content (AvgIpc) is 2.70. The molecule has 1 rings (SSSR count). The van der Waals surface area contributed by atoms with Crippen LogP contribution in [0, 0.1) is 5.92 Å². The minimum Gasteiger partial charge on any atom is -0.301 e. The maximum atomic E-state index is 2.47. The van der Waals surface area contributed by atoms with Gasteiger partial charge >= 0.3 is 0 Å². The summed E-state index contributed by atoms with van der Waals surface area (Å²) in [5.41, 5.74) is 0. The van der Waals surface area contributed by atoms with Crippen molar-refractivity contribution in [2.45, 2.75) is 34.1 Å². The molecule has 0 aromatic carbocycles. The summed E-state index contributed by atoms with van der Waals surface area (Å²) in [6, 6.07) is 0. The van der Waals surface area contributed by atoms with Crippen LogP contribution in [-0.2, 0) is 0 Å². The normalized spacial score (nSPS) is 16.5. The summed E-state index contributed by atoms with van der Waals surface area (Å²) < 4.78 is 0. The van der Waals surface area contributed by atoms with Gasteiger partial charge in [-0.1, -0.05) is 27.7 Å². The molecule has 0 aliphatic carbocycles. The van der Waals surface area contributed by atoms with Crippen LogP contribution in [-0.4, -0.2) is 24.5 Å². The molecule has 0 unspecified atom stereocenters. The lowest BCUT2D eigenvalue weighted by molar-refractivity contribution is 0.467. The number of nitrogens with zero attached hydrogens (tertiary/aromatic N) is 1. The monoisotopic (exact) mass is 143 g/mol. The van der Waals surface area contributed by atoms with Crippen LogP contribution in [0.15, 0.2) is 0 Å². The standard InChI is InChI=1S/C7H15N.C2H6/c1-7(2)3-4-8-5-6-8;1-2/h7H,3-6H2,1-2H3;1-2H3. The zero-order valence-electron chi connectivity index (χ0n) is 7.85. The number of hydrogen-bond acceptors (Lipinski definition) is 1. The molecule has 1 nitrogen and oxygen atoms in total. The van der Waals surface area contributed by atoms with Crippen molar-refractivity contribution in [2.75, 3.05) is 19.6 Å². The summed E-state index contributed by atoms with van der Waals surface area (Å²) in [6.45, 7) is 12.6. The highest BCUT2D eigenvalue weighted by molar-refractivity contribution is 4.71. The second kappa shape index (κ2) is 5.72. The Balaban J connectivity index is 0.000000371. The van der Waals surface area contributed by atoms with Crippen LogP contribution in [0.2, 0.25) is 0 Å². The molecular weight excluding hydrogens is 122 g/mol. The number of rotatable bonds is 3. The highest BCUT2D eigenvalue weighted by Crippen LogP contribution is 2.07. The molecule has 1 aliphatic rings. The minimum atomic E-state index is 0.885. The van der Waals surface area contributed by atoms with E-state index in [1.165, 1.54) is 26.1 Å². The summed E-state index contributed by atoms with van der Waals surface area (Å²) >= 11 is 0. The fourth-order valence-corrected chi connectivity index (χ4v) is 0.735. The lowest BCUT2D eigenvalue weighted by atomic mass is 10.1. The zero-order valence-corrected chi connectivity index (χ0v) is 7.85. The van der Waals surface area contributed by atoms with Crippen LogP contribution >= 0.6 is 0 Å². The molecule has 0 bridgehead atoms. The van der Waals surface area contributed by atoms with Gasteiger partial charge in [-0.05, 0) is 18.9 Å². The fraction of sp³-hybridized carbons (Fsp3) is 1.00. The topological polar surface area (TPSA) is 3.01 Å². The molecule has 1 heteroatoms. The van der Waals surface area contributed by atoms with Crippen molar-refractivity contribution in [3.8, 4) is 0 Å². The first-order chi connectivity index (χ1) is 4.79. The highest BCUT2D eigenvalue weighted by atomic mass is 15.2. The van der Waals surface area contributed by atoms with Crippen LogP contribution in [0.5, 0.6) is 0 Å². The molecule has 1 saturated heterocycles. The SMILES string of the molecule is CC.CC(C)CCN1CC1. The lowest BCUT2D eigenvalue weighted by Gasteiger charge is -2.02. The largest absolute Gasteiger partial charge is 0.301 e. The van der Waals surface area contributed by atoms with Gasteiger partial charge < -0.3 is 4.90 Å². The summed E-state index contributed by atoms with van der Waals surface area (Å²) in [4.78, 5) is 2.47. The third kappa shape index (κ3) is 6.09. The molecule has 1 fully saturated rings. The second-order valence-corrected chi connectivity index (χ2v) is 3.02. The zero-order chi connectivity index (χ0) is 7.98. The van der Waals surface area contributed by atoms with Crippen molar-refractivity contribution in [2.24, 2.45) is 5.92 Å². The summed E-state index contributed by atoms with van der Waals surface area (Å²) in [7, 11) is 0. The van der Waals surface area contributed by atoms with Crippen molar-refractivity contribution in [1.82, 2.24) is 4.90 Å². The Morgan fingerprint density at radius 1 is 1.20 bits per heavy atom. The minimum absolute atomic E-state index is 0.885. The van der Waals surface area contributed by atoms with Crippen molar-refractivity contribution >= 4 is 0 Å². The predicted octanol–water partition coefficient (Wildman–Crippen LogP) is 2.37. The molecule has 0 saturated carbocycles. The van der Waals surface area contributed by atoms with Gasteiger partial charge in [0, 0.05) is 13.1 Å². The Hall–Kier alpha value is -0.0400. The van der Waals surface area contributed by atoms with Gasteiger partial charge in [0.25, 0.3) is 0 Å². The Morgan fingerprint density at radius 2 is 1.70 bits per heavy atom. The van der Waals surface area contributed by atoms with Crippen molar-refractivity contribution in [3.05, 3.63) is 0 Å². The van der Waals surface area contributed by atoms with Gasteiger partial charge in [0.15, 0.2) is 0 Å². The molecule has 0 spiro atoms. The average molecular weight is 143 g/mol. The van der Waals surface area contributed by atoms with E-state index < -0.39 is 0 Å². The molecule has 1 heterocycles. The third-order valence-electron chi connectivity index (χ3n) is 1.56. The van der Waals surface area contributed by atoms with Crippen molar-refractivity contribution in [1.29, 1.82) is 0 Å². The molecule has 0 N–H and O–H groups in total. The maximum Gasteiger partial charge on any atom is 0.0110 e. The highest BCUT2D eigenvalue weighted by Gasteiger charge is 2.15. The molecule has 0 aromatic rings. The predicted molar refractivity (Wildman–Crippen MR) is 47.2 cm³/mol. The summed E-state index contributed by atoms with van der Waals surface area (Å²) in [5.74, 6) is 0.885. The first-order valence-electron chi connectivity index (χ1n) is 4.51. The Bertz CT molecular complexity index is 63.1. The van der Waals surface area contributed by atoms with Crippen LogP contribution in [0.4, 0.5) is 0 Å². The molecular formula is C9H21N. The van der Waals surface area contributed by atoms with E-state index in [-0.39, 0.29) is 0 Å². The van der Waals surface area contributed by atoms with Crippen molar-refractivity contribution in [3.63, 3.8) is 0 Å². The van der Waals surface area contributed by atoms with E-state index >= 15 is 0 Å². The van der Waals surface area contributed by atoms with Gasteiger partial charge in [-0.25, -0.2) is 0 Å². The second-order valence-electron chi connectivity index (χ2n) is 3.02. The van der Waals surface area contributed by atoms with Gasteiger partial charge in [-0.2, -0.15) is 0 Å². The lowest BCUT2D eigenvalue weighted by Crippen LogP contribution is -2.02. The molecule has 0 atom stereocenters. The van der Waals surface area contributed by atoms with Crippen LogP contribution in [0.3, 0.4) is 0 Å². The third-order valence-corrected chi connectivity index (χ3v) is 1.56. The van der Waals surface area contributed by atoms with Gasteiger partial charge in [0.2, 0.25) is 0 Å². The molecule has 0 amide bonds. The smallest absolute Gasteiger partial charge is 0.0110 e. The molecule has 62 valence electrons. The fourth-order valence-electron chi connectivity index (χ4n) is 0.735. The summed E-state index contributed by atoms with van der Waals surface area (Å²) in [5, 5.41) is 0. The van der Waals surface area contributed by atoms with E-state index in [1.54, 1.807) is 0 Å². The van der Waals surface area contributed by atoms with Crippen LogP contribution in [0.1, 0.15) is 34.1 Å². The first-order valence-corrected chi connectivity index (χ1v) is 4.51. The van der Waals surface area contributed by atoms with Gasteiger partial charge in [0.05, 0.1) is 0 Å². The molecule has 10 heavy (non-hydrogen) atoms. The quantitative estimate of drug-likeness (QED) is 0.548. The Morgan fingerprint density at radius 3 is 2.00 bits per heavy atom. The van der Waals surface area contributed by atoms with Gasteiger partial charge in [0.1, 0.15) is 0 Å². The molecule has 0 aromatic heterocycles. The van der Waals surface area contributed by atoms with Gasteiger partial charge in [-0.15, -0.1) is 0 Å². The number of hydrogen-bond donors (Lipinski definition) is 0. The van der Waals surface area contributed by atoms with E-state index in [1.807, 2.05) is 13.8 Å². The molecule has 0 radical (unpaired) electrons. The van der Waals surface area contributed by atoms with Crippen LogP contribution < -0.4 is 0 Å². The van der Waals surface area contributed by atoms with E-state index in [4.69, 9.17) is 0 Å². The van der Waals surface area contributed by atoms with E-state index in [9.17, 15) is 0 Å². The molecule has 1 aliphatic heterocycles. The van der Waals surface area contributed by atoms with E-state index in [0.29, 0.717) is 0 Å². The van der Waals surface area contributed by atoms with Gasteiger partial charge in [-0.3, -0.25) is 0 Å². The van der Waals surface area contributed by atoms with Crippen LogP contribution in [0.25, 0.3) is 0 Å². The maximum absolute atomic E-state index is 2.47. The van der Waals surface area contributed by atoms with E-state index in [2.05, 4.69) is 18.7 Å². The first kappa shape index (κ1) is 9.96. The van der Waals surface area contributed by atoms with Crippen molar-refractivity contribution < 1.29 is 0 Å². The Kier molecular flexibility index (Phi) is 5.70. The van der Waals surface area contributed by atoms with E-state index in [0.717, 1.165) is 5.92 Å². The summed E-state index contributed by atoms with van der Waals surface area (Å²) in [6.07, 6.45) is 1.38. The Labute approximate surface area is 65.4 Å².